The van der Waals surface area contributed by atoms with E-state index in [1.807, 2.05) is 0 Å². The van der Waals surface area contributed by atoms with Gasteiger partial charge in [0.15, 0.2) is 0 Å². The predicted molar refractivity (Wildman–Crippen MR) is 70.1 cm³/mol. The lowest BCUT2D eigenvalue weighted by Gasteiger charge is -2.26. The summed E-state index contributed by atoms with van der Waals surface area (Å²) in [6.07, 6.45) is 3.34. The Hall–Kier alpha value is -0.870. The maximum absolute atomic E-state index is 4.72. The molecular formula is C13H24N4. The maximum Gasteiger partial charge on any atom is 0.120 e. The van der Waals surface area contributed by atoms with Crippen molar-refractivity contribution in [3.05, 3.63) is 17.2 Å². The van der Waals surface area contributed by atoms with E-state index in [0.29, 0.717) is 0 Å². The Bertz CT molecular complexity index is 339. The van der Waals surface area contributed by atoms with E-state index < -0.39 is 0 Å². The monoisotopic (exact) mass is 236 g/mol. The fraction of sp³-hybridized carbons (Fsp3) is 0.769. The molecule has 0 aliphatic carbocycles. The Morgan fingerprint density at radius 2 is 2.00 bits per heavy atom. The van der Waals surface area contributed by atoms with Gasteiger partial charge in [-0.3, -0.25) is 4.90 Å². The van der Waals surface area contributed by atoms with E-state index in [1.165, 1.54) is 17.8 Å². The lowest BCUT2D eigenvalue weighted by atomic mass is 10.2. The minimum Gasteiger partial charge on any atom is -0.345 e. The predicted octanol–water partition coefficient (Wildman–Crippen LogP) is 1.33. The van der Waals surface area contributed by atoms with E-state index in [9.17, 15) is 0 Å². The van der Waals surface area contributed by atoms with Crippen molar-refractivity contribution in [2.45, 2.75) is 39.7 Å². The fourth-order valence-corrected chi connectivity index (χ4v) is 2.41. The second-order valence-corrected chi connectivity index (χ2v) is 4.74. The molecule has 1 fully saturated rings. The zero-order valence-electron chi connectivity index (χ0n) is 11.1. The van der Waals surface area contributed by atoms with Gasteiger partial charge in [-0.1, -0.05) is 20.3 Å². The molecule has 1 aromatic rings. The molecule has 1 saturated heterocycles. The van der Waals surface area contributed by atoms with Crippen molar-refractivity contribution in [2.75, 3.05) is 26.2 Å². The molecule has 2 N–H and O–H groups in total. The normalized spacial score (nSPS) is 17.5. The van der Waals surface area contributed by atoms with Gasteiger partial charge < -0.3 is 10.3 Å². The van der Waals surface area contributed by atoms with Crippen molar-refractivity contribution in [3.63, 3.8) is 0 Å². The summed E-state index contributed by atoms with van der Waals surface area (Å²) in [4.78, 5) is 10.7. The van der Waals surface area contributed by atoms with Crippen LogP contribution in [0.1, 0.15) is 37.5 Å². The van der Waals surface area contributed by atoms with Crippen LogP contribution in [-0.4, -0.2) is 41.0 Å². The summed E-state index contributed by atoms with van der Waals surface area (Å²) in [5.41, 5.74) is 2.61. The van der Waals surface area contributed by atoms with Gasteiger partial charge in [0.1, 0.15) is 5.82 Å². The number of hydrogen-bond donors (Lipinski definition) is 2. The molecule has 0 spiro atoms. The van der Waals surface area contributed by atoms with Crippen LogP contribution in [-0.2, 0) is 19.4 Å². The Kier molecular flexibility index (Phi) is 4.57. The highest BCUT2D eigenvalue weighted by Gasteiger charge is 2.13. The van der Waals surface area contributed by atoms with Crippen LogP contribution in [0.15, 0.2) is 0 Å². The van der Waals surface area contributed by atoms with E-state index in [1.54, 1.807) is 0 Å². The minimum atomic E-state index is 0.971. The second-order valence-electron chi connectivity index (χ2n) is 4.74. The number of hydrogen-bond acceptors (Lipinski definition) is 3. The number of H-pyrrole nitrogens is 1. The van der Waals surface area contributed by atoms with Gasteiger partial charge >= 0.3 is 0 Å². The van der Waals surface area contributed by atoms with Crippen LogP contribution in [0.25, 0.3) is 0 Å². The molecule has 0 atom stereocenters. The third-order valence-corrected chi connectivity index (χ3v) is 3.33. The highest BCUT2D eigenvalue weighted by molar-refractivity contribution is 5.15. The first-order valence-corrected chi connectivity index (χ1v) is 6.83. The Labute approximate surface area is 104 Å². The van der Waals surface area contributed by atoms with E-state index in [2.05, 4.69) is 29.0 Å². The van der Waals surface area contributed by atoms with E-state index in [4.69, 9.17) is 4.98 Å². The van der Waals surface area contributed by atoms with Crippen molar-refractivity contribution in [2.24, 2.45) is 0 Å². The molecule has 0 radical (unpaired) electrons. The summed E-state index contributed by atoms with van der Waals surface area (Å²) >= 11 is 0. The number of nitrogens with one attached hydrogen (secondary N) is 2. The van der Waals surface area contributed by atoms with Gasteiger partial charge in [0, 0.05) is 31.9 Å². The minimum absolute atomic E-state index is 0.971. The number of piperazine rings is 1. The SMILES string of the molecule is CCCc1[nH]c(CN2CCNCC2)nc1CC. The standard InChI is InChI=1S/C13H24N4/c1-3-5-12-11(4-2)15-13(16-12)10-17-8-6-14-7-9-17/h14H,3-10H2,1-2H3,(H,15,16). The number of aryl methyl sites for hydroxylation is 2. The molecule has 17 heavy (non-hydrogen) atoms. The molecule has 4 nitrogen and oxygen atoms in total. The van der Waals surface area contributed by atoms with Gasteiger partial charge in [-0.15, -0.1) is 0 Å². The quantitative estimate of drug-likeness (QED) is 0.810. The first-order chi connectivity index (χ1) is 8.33. The largest absolute Gasteiger partial charge is 0.345 e. The summed E-state index contributed by atoms with van der Waals surface area (Å²) in [6.45, 7) is 9.83. The number of aromatic nitrogens is 2. The zero-order chi connectivity index (χ0) is 12.1. The Balaban J connectivity index is 1.99. The molecule has 1 aromatic heterocycles. The summed E-state index contributed by atoms with van der Waals surface area (Å²) in [6, 6.07) is 0. The van der Waals surface area contributed by atoms with Gasteiger partial charge in [-0.2, -0.15) is 0 Å². The molecule has 0 bridgehead atoms. The van der Waals surface area contributed by atoms with Crippen LogP contribution in [0.3, 0.4) is 0 Å². The highest BCUT2D eigenvalue weighted by atomic mass is 15.2. The van der Waals surface area contributed by atoms with Crippen LogP contribution in [0, 0.1) is 0 Å². The van der Waals surface area contributed by atoms with Crippen LogP contribution >= 0.6 is 0 Å². The van der Waals surface area contributed by atoms with Gasteiger partial charge in [-0.25, -0.2) is 4.98 Å². The molecule has 0 unspecified atom stereocenters. The molecule has 2 rings (SSSR count). The van der Waals surface area contributed by atoms with Crippen LogP contribution in [0.4, 0.5) is 0 Å². The third kappa shape index (κ3) is 3.30. The summed E-state index contributed by atoms with van der Waals surface area (Å²) in [5, 5.41) is 3.38. The van der Waals surface area contributed by atoms with Gasteiger partial charge in [-0.05, 0) is 12.8 Å². The molecule has 0 aromatic carbocycles. The van der Waals surface area contributed by atoms with Crippen molar-refractivity contribution >= 4 is 0 Å². The summed E-state index contributed by atoms with van der Waals surface area (Å²) in [5.74, 6) is 1.15. The molecule has 2 heterocycles. The van der Waals surface area contributed by atoms with Crippen LogP contribution in [0.5, 0.6) is 0 Å². The topological polar surface area (TPSA) is 44.0 Å². The Morgan fingerprint density at radius 3 is 2.65 bits per heavy atom. The van der Waals surface area contributed by atoms with Crippen molar-refractivity contribution in [3.8, 4) is 0 Å². The number of nitrogens with zero attached hydrogens (tertiary/aromatic N) is 2. The van der Waals surface area contributed by atoms with E-state index >= 15 is 0 Å². The molecule has 1 aliphatic rings. The number of rotatable bonds is 5. The smallest absolute Gasteiger partial charge is 0.120 e. The molecular weight excluding hydrogens is 212 g/mol. The fourth-order valence-electron chi connectivity index (χ4n) is 2.41. The van der Waals surface area contributed by atoms with E-state index in [0.717, 1.165) is 51.4 Å². The summed E-state index contributed by atoms with van der Waals surface area (Å²) < 4.78 is 0. The number of aromatic amines is 1. The molecule has 1 aliphatic heterocycles. The van der Waals surface area contributed by atoms with E-state index in [-0.39, 0.29) is 0 Å². The van der Waals surface area contributed by atoms with Crippen LogP contribution in [0.2, 0.25) is 0 Å². The van der Waals surface area contributed by atoms with Gasteiger partial charge in [0.05, 0.1) is 12.2 Å². The Morgan fingerprint density at radius 1 is 1.24 bits per heavy atom. The van der Waals surface area contributed by atoms with Crippen molar-refractivity contribution in [1.82, 2.24) is 20.2 Å². The molecule has 0 saturated carbocycles. The third-order valence-electron chi connectivity index (χ3n) is 3.33. The van der Waals surface area contributed by atoms with Gasteiger partial charge in [0.25, 0.3) is 0 Å². The average molecular weight is 236 g/mol. The highest BCUT2D eigenvalue weighted by Crippen LogP contribution is 2.11. The molecule has 0 amide bonds. The molecule has 4 heteroatoms. The zero-order valence-corrected chi connectivity index (χ0v) is 11.1. The van der Waals surface area contributed by atoms with Crippen LogP contribution < -0.4 is 5.32 Å². The lowest BCUT2D eigenvalue weighted by Crippen LogP contribution is -2.43. The van der Waals surface area contributed by atoms with Gasteiger partial charge in [0.2, 0.25) is 0 Å². The molecule has 96 valence electrons. The number of imidazole rings is 1. The first kappa shape index (κ1) is 12.6. The average Bonchev–Trinajstić information content (AvgIpc) is 2.73. The van der Waals surface area contributed by atoms with Crippen molar-refractivity contribution < 1.29 is 0 Å². The summed E-state index contributed by atoms with van der Waals surface area (Å²) in [7, 11) is 0. The first-order valence-electron chi connectivity index (χ1n) is 6.83. The second kappa shape index (κ2) is 6.17. The van der Waals surface area contributed by atoms with Crippen molar-refractivity contribution in [1.29, 1.82) is 0 Å². The lowest BCUT2D eigenvalue weighted by molar-refractivity contribution is 0.228. The maximum atomic E-state index is 4.72.